The minimum absolute atomic E-state index is 0.0566. The fraction of sp³-hybridized carbons (Fsp3) is 0.500. The summed E-state index contributed by atoms with van der Waals surface area (Å²) in [6.45, 7) is 6.73. The van der Waals surface area contributed by atoms with Gasteiger partial charge in [-0.1, -0.05) is 73.9 Å². The second-order valence-corrected chi connectivity index (χ2v) is 14.7. The van der Waals surface area contributed by atoms with Crippen molar-refractivity contribution in [2.45, 2.75) is 95.5 Å². The van der Waals surface area contributed by atoms with Gasteiger partial charge in [0, 0.05) is 24.0 Å². The van der Waals surface area contributed by atoms with Gasteiger partial charge in [-0.3, -0.25) is 24.1 Å². The highest BCUT2D eigenvalue weighted by atomic mass is 16.3. The summed E-state index contributed by atoms with van der Waals surface area (Å²) in [5.41, 5.74) is 6.70. The first-order chi connectivity index (χ1) is 23.4. The summed E-state index contributed by atoms with van der Waals surface area (Å²) in [4.78, 5) is 59.3. The van der Waals surface area contributed by atoms with E-state index >= 15 is 0 Å². The lowest BCUT2D eigenvalue weighted by atomic mass is 9.72. The fourth-order valence-electron chi connectivity index (χ4n) is 7.26. The Labute approximate surface area is 288 Å². The van der Waals surface area contributed by atoms with Gasteiger partial charge in [0.05, 0.1) is 30.1 Å². The zero-order valence-corrected chi connectivity index (χ0v) is 28.7. The lowest BCUT2D eigenvalue weighted by Crippen LogP contribution is -2.61. The molecule has 2 fully saturated rings. The number of likely N-dealkylation sites (tertiary alicyclic amines) is 1. The van der Waals surface area contributed by atoms with Crippen molar-refractivity contribution in [2.75, 3.05) is 13.1 Å². The maximum Gasteiger partial charge on any atom is 0.270 e. The number of hydrogen-bond acceptors (Lipinski definition) is 7. The van der Waals surface area contributed by atoms with E-state index in [1.165, 1.54) is 6.42 Å². The summed E-state index contributed by atoms with van der Waals surface area (Å²) >= 11 is 0. The van der Waals surface area contributed by atoms with Crippen LogP contribution in [0.5, 0.6) is 0 Å². The predicted molar refractivity (Wildman–Crippen MR) is 188 cm³/mol. The SMILES string of the molecule is CC(C)(C)NC(=O)[C@@H]1C[C@@H]2CCCC[C@@H]2CN1C[C@@H](O)[C@@H](Cc1ccccc1)NC(=O)[C@H](CC(N)=O)NC(=O)c1ccc2ccccc2n1. The Kier molecular flexibility index (Phi) is 11.7. The molecule has 5 rings (SSSR count). The standard InChI is InChI=1S/C38H50N6O5/c1-38(2,3)43-37(49)32-20-26-14-7-8-15-27(26)22-44(32)23-33(45)30(19-24-11-5-4-6-12-24)41-36(48)31(21-34(39)46)42-35(47)29-18-17-25-13-9-10-16-28(25)40-29/h4-6,9-13,16-18,26-27,30-33,45H,7-8,14-15,19-23H2,1-3H3,(H2,39,46)(H,41,48)(H,42,47)(H,43,49)/t26-,27+,30+,31-,32-,33+/m0/s1. The van der Waals surface area contributed by atoms with Crippen LogP contribution in [0.4, 0.5) is 0 Å². The molecule has 6 N–H and O–H groups in total. The second-order valence-electron chi connectivity index (χ2n) is 14.7. The van der Waals surface area contributed by atoms with Gasteiger partial charge in [-0.2, -0.15) is 0 Å². The van der Waals surface area contributed by atoms with Crippen LogP contribution in [0, 0.1) is 11.8 Å². The van der Waals surface area contributed by atoms with E-state index in [2.05, 4.69) is 25.8 Å². The Hall–Kier alpha value is -4.35. The van der Waals surface area contributed by atoms with Crippen LogP contribution in [0.2, 0.25) is 0 Å². The first-order valence-corrected chi connectivity index (χ1v) is 17.4. The Morgan fingerprint density at radius 1 is 0.939 bits per heavy atom. The fourth-order valence-corrected chi connectivity index (χ4v) is 7.26. The molecule has 49 heavy (non-hydrogen) atoms. The number of pyridine rings is 1. The van der Waals surface area contributed by atoms with Gasteiger partial charge in [0.2, 0.25) is 17.7 Å². The van der Waals surface area contributed by atoms with Crippen LogP contribution in [0.25, 0.3) is 10.9 Å². The minimum Gasteiger partial charge on any atom is -0.390 e. The third-order valence-corrected chi connectivity index (χ3v) is 9.67. The number of aromatic nitrogens is 1. The molecule has 1 aliphatic heterocycles. The number of aliphatic hydroxyl groups excluding tert-OH is 1. The molecule has 0 spiro atoms. The average Bonchev–Trinajstić information content (AvgIpc) is 3.06. The highest BCUT2D eigenvalue weighted by molar-refractivity contribution is 5.99. The monoisotopic (exact) mass is 670 g/mol. The molecule has 0 bridgehead atoms. The molecular formula is C38H50N6O5. The molecule has 3 aromatic rings. The number of primary amides is 1. The number of carbonyl (C=O) groups is 4. The van der Waals surface area contributed by atoms with E-state index < -0.39 is 53.9 Å². The molecule has 1 aromatic heterocycles. The zero-order chi connectivity index (χ0) is 35.1. The Morgan fingerprint density at radius 2 is 1.63 bits per heavy atom. The van der Waals surface area contributed by atoms with Crippen LogP contribution in [0.15, 0.2) is 66.7 Å². The van der Waals surface area contributed by atoms with Gasteiger partial charge in [0.15, 0.2) is 0 Å². The molecule has 2 aromatic carbocycles. The van der Waals surface area contributed by atoms with Crippen LogP contribution >= 0.6 is 0 Å². The first-order valence-electron chi connectivity index (χ1n) is 17.4. The summed E-state index contributed by atoms with van der Waals surface area (Å²) in [5, 5.41) is 21.4. The summed E-state index contributed by atoms with van der Waals surface area (Å²) in [7, 11) is 0. The number of para-hydroxylation sites is 1. The number of nitrogens with two attached hydrogens (primary N) is 1. The lowest BCUT2D eigenvalue weighted by Gasteiger charge is -2.47. The molecule has 11 nitrogen and oxygen atoms in total. The second kappa shape index (κ2) is 15.9. The minimum atomic E-state index is -1.30. The maximum absolute atomic E-state index is 13.8. The van der Waals surface area contributed by atoms with Crippen LogP contribution in [-0.2, 0) is 20.8 Å². The molecule has 6 atom stereocenters. The number of amides is 4. The van der Waals surface area contributed by atoms with Gasteiger partial charge in [0.25, 0.3) is 5.91 Å². The average molecular weight is 671 g/mol. The van der Waals surface area contributed by atoms with Gasteiger partial charge in [-0.25, -0.2) is 4.98 Å². The number of nitrogens with one attached hydrogen (secondary N) is 3. The quantitative estimate of drug-likeness (QED) is 0.198. The van der Waals surface area contributed by atoms with Crippen molar-refractivity contribution < 1.29 is 24.3 Å². The number of carbonyl (C=O) groups excluding carboxylic acids is 4. The summed E-state index contributed by atoms with van der Waals surface area (Å²) < 4.78 is 0. The normalized spacial score (nSPS) is 21.5. The molecular weight excluding hydrogens is 620 g/mol. The molecule has 262 valence electrons. The van der Waals surface area contributed by atoms with Gasteiger partial charge in [0.1, 0.15) is 11.7 Å². The molecule has 0 radical (unpaired) electrons. The summed E-state index contributed by atoms with van der Waals surface area (Å²) in [6, 6.07) is 17.6. The maximum atomic E-state index is 13.8. The highest BCUT2D eigenvalue weighted by Gasteiger charge is 2.42. The molecule has 2 aliphatic rings. The van der Waals surface area contributed by atoms with Gasteiger partial charge in [-0.15, -0.1) is 0 Å². The van der Waals surface area contributed by atoms with Crippen LogP contribution in [0.1, 0.15) is 75.3 Å². The number of piperidine rings is 1. The highest BCUT2D eigenvalue weighted by Crippen LogP contribution is 2.39. The molecule has 11 heteroatoms. The van der Waals surface area contributed by atoms with Crippen molar-refractivity contribution in [3.05, 3.63) is 78.0 Å². The number of aliphatic hydroxyl groups is 1. The van der Waals surface area contributed by atoms with Crippen LogP contribution in [0.3, 0.4) is 0 Å². The largest absolute Gasteiger partial charge is 0.390 e. The topological polar surface area (TPSA) is 167 Å². The third kappa shape index (κ3) is 9.86. The molecule has 4 amide bonds. The molecule has 1 saturated carbocycles. The number of rotatable bonds is 12. The smallest absolute Gasteiger partial charge is 0.270 e. The van der Waals surface area contributed by atoms with E-state index in [1.807, 2.05) is 69.3 Å². The molecule has 2 heterocycles. The number of fused-ring (bicyclic) bond motifs is 2. The Balaban J connectivity index is 1.35. The third-order valence-electron chi connectivity index (χ3n) is 9.67. The number of benzene rings is 2. The lowest BCUT2D eigenvalue weighted by molar-refractivity contribution is -0.133. The first kappa shape index (κ1) is 35.9. The molecule has 1 saturated heterocycles. The van der Waals surface area contributed by atoms with Crippen molar-refractivity contribution in [3.63, 3.8) is 0 Å². The summed E-state index contributed by atoms with van der Waals surface area (Å²) in [5.74, 6) is -1.20. The Bertz CT molecular complexity index is 1630. The van der Waals surface area contributed by atoms with E-state index in [1.54, 1.807) is 18.2 Å². The van der Waals surface area contributed by atoms with Crippen molar-refractivity contribution in [1.29, 1.82) is 0 Å². The predicted octanol–water partition coefficient (Wildman–Crippen LogP) is 3.09. The molecule has 1 aliphatic carbocycles. The van der Waals surface area contributed by atoms with Crippen molar-refractivity contribution >= 4 is 34.5 Å². The zero-order valence-electron chi connectivity index (χ0n) is 28.7. The van der Waals surface area contributed by atoms with E-state index in [-0.39, 0.29) is 24.6 Å². The Morgan fingerprint density at radius 3 is 2.35 bits per heavy atom. The number of hydrogen-bond donors (Lipinski definition) is 5. The van der Waals surface area contributed by atoms with E-state index in [4.69, 9.17) is 5.73 Å². The van der Waals surface area contributed by atoms with Gasteiger partial charge < -0.3 is 26.8 Å². The van der Waals surface area contributed by atoms with E-state index in [9.17, 15) is 24.3 Å². The van der Waals surface area contributed by atoms with E-state index in [0.29, 0.717) is 23.9 Å². The molecule has 0 unspecified atom stereocenters. The summed E-state index contributed by atoms with van der Waals surface area (Å²) in [6.07, 6.45) is 4.03. The number of nitrogens with zero attached hydrogens (tertiary/aromatic N) is 2. The van der Waals surface area contributed by atoms with Crippen LogP contribution in [-0.4, -0.2) is 81.5 Å². The van der Waals surface area contributed by atoms with E-state index in [0.717, 1.165) is 36.6 Å². The van der Waals surface area contributed by atoms with Crippen molar-refractivity contribution in [2.24, 2.45) is 17.6 Å². The van der Waals surface area contributed by atoms with Crippen molar-refractivity contribution in [3.8, 4) is 0 Å². The van der Waals surface area contributed by atoms with Gasteiger partial charge in [-0.05, 0) is 69.6 Å². The van der Waals surface area contributed by atoms with Crippen molar-refractivity contribution in [1.82, 2.24) is 25.8 Å². The number of β-amino-alcohol motifs (C(OH)–C–C–N with tert-alkyl or cyclic N) is 1. The van der Waals surface area contributed by atoms with Gasteiger partial charge >= 0.3 is 0 Å². The van der Waals surface area contributed by atoms with Crippen LogP contribution < -0.4 is 21.7 Å².